The van der Waals surface area contributed by atoms with Crippen LogP contribution >= 0.6 is 9.24 Å². The molecule has 2 aliphatic heterocycles. The highest BCUT2D eigenvalue weighted by atomic mass is 31.0. The molecular weight excluding hydrogens is 461 g/mol. The third-order valence-corrected chi connectivity index (χ3v) is 8.04. The van der Waals surface area contributed by atoms with Crippen molar-refractivity contribution in [3.8, 4) is 0 Å². The minimum Gasteiger partial charge on any atom is -0.461 e. The molecule has 1 amide bonds. The summed E-state index contributed by atoms with van der Waals surface area (Å²) in [6.07, 6.45) is 14.3. The molecule has 0 spiro atoms. The first-order valence-electron chi connectivity index (χ1n) is 13.7. The van der Waals surface area contributed by atoms with Gasteiger partial charge in [0.05, 0.1) is 12.3 Å². The molecule has 0 saturated carbocycles. The second kappa shape index (κ2) is 14.5. The molecule has 7 heteroatoms. The third kappa shape index (κ3) is 8.40. The van der Waals surface area contributed by atoms with E-state index in [4.69, 9.17) is 9.47 Å². The Kier molecular flexibility index (Phi) is 12.4. The van der Waals surface area contributed by atoms with Crippen molar-refractivity contribution < 1.29 is 24.2 Å². The Labute approximate surface area is 215 Å². The summed E-state index contributed by atoms with van der Waals surface area (Å²) in [6, 6.07) is -0.589. The van der Waals surface area contributed by atoms with Crippen LogP contribution in [0.5, 0.6) is 0 Å². The van der Waals surface area contributed by atoms with Crippen molar-refractivity contribution in [2.45, 2.75) is 123 Å². The van der Waals surface area contributed by atoms with Gasteiger partial charge in [0.15, 0.2) is 5.79 Å². The van der Waals surface area contributed by atoms with Crippen molar-refractivity contribution in [1.82, 2.24) is 4.90 Å². The van der Waals surface area contributed by atoms with Crippen LogP contribution in [-0.2, 0) is 19.1 Å². The van der Waals surface area contributed by atoms with E-state index in [1.54, 1.807) is 4.90 Å². The van der Waals surface area contributed by atoms with Crippen LogP contribution in [0.2, 0.25) is 0 Å². The Balaban J connectivity index is 0.00000210. The lowest BCUT2D eigenvalue weighted by Gasteiger charge is -2.42. The molecule has 2 heterocycles. The number of amides is 1. The number of hydrogen-bond acceptors (Lipinski definition) is 5. The molecule has 6 nitrogen and oxygen atoms in total. The Morgan fingerprint density at radius 2 is 2.00 bits per heavy atom. The molecule has 35 heavy (non-hydrogen) atoms. The van der Waals surface area contributed by atoms with Gasteiger partial charge in [-0.05, 0) is 70.6 Å². The second-order valence-electron chi connectivity index (χ2n) is 10.0. The SMILES string of the molecule is CC.CCC(CC1=CCCC=C1)C(C)OC(=O)C1CCCCN1C(=O)CC1(O)OC(P)CCC1C. The largest absolute Gasteiger partial charge is 0.461 e. The number of esters is 1. The van der Waals surface area contributed by atoms with Crippen molar-refractivity contribution in [2.24, 2.45) is 11.8 Å². The number of carbonyl (C=O) groups is 2. The van der Waals surface area contributed by atoms with Gasteiger partial charge in [-0.25, -0.2) is 4.79 Å². The van der Waals surface area contributed by atoms with Gasteiger partial charge in [-0.15, -0.1) is 9.24 Å². The molecule has 7 unspecified atom stereocenters. The van der Waals surface area contributed by atoms with Crippen LogP contribution in [0.3, 0.4) is 0 Å². The van der Waals surface area contributed by atoms with Crippen LogP contribution in [-0.4, -0.2) is 52.2 Å². The van der Waals surface area contributed by atoms with Crippen LogP contribution in [0.25, 0.3) is 0 Å². The molecule has 0 bridgehead atoms. The van der Waals surface area contributed by atoms with Crippen LogP contribution < -0.4 is 0 Å². The molecule has 0 aromatic heterocycles. The maximum Gasteiger partial charge on any atom is 0.329 e. The van der Waals surface area contributed by atoms with Crippen molar-refractivity contribution in [3.63, 3.8) is 0 Å². The summed E-state index contributed by atoms with van der Waals surface area (Å²) in [4.78, 5) is 28.0. The minimum atomic E-state index is -1.49. The summed E-state index contributed by atoms with van der Waals surface area (Å²) < 4.78 is 11.7. The predicted molar refractivity (Wildman–Crippen MR) is 144 cm³/mol. The summed E-state index contributed by atoms with van der Waals surface area (Å²) in [7, 11) is 2.58. The molecule has 1 aliphatic carbocycles. The number of piperidine rings is 1. The summed E-state index contributed by atoms with van der Waals surface area (Å²) in [6.45, 7) is 10.5. The number of carbonyl (C=O) groups excluding carboxylic acids is 2. The maximum absolute atomic E-state index is 13.2. The smallest absolute Gasteiger partial charge is 0.329 e. The van der Waals surface area contributed by atoms with E-state index in [2.05, 4.69) is 34.4 Å². The number of allylic oxidation sites excluding steroid dienone is 4. The molecular formula is C28H48NO5P. The van der Waals surface area contributed by atoms with E-state index in [1.807, 2.05) is 27.7 Å². The number of aliphatic hydroxyl groups is 1. The summed E-state index contributed by atoms with van der Waals surface area (Å²) in [5, 5.41) is 11.0. The van der Waals surface area contributed by atoms with E-state index in [9.17, 15) is 14.7 Å². The van der Waals surface area contributed by atoms with Gasteiger partial charge in [0.25, 0.3) is 0 Å². The van der Waals surface area contributed by atoms with Crippen LogP contribution in [0.1, 0.15) is 98.8 Å². The minimum absolute atomic E-state index is 0.128. The Bertz CT molecular complexity index is 754. The Morgan fingerprint density at radius 3 is 2.66 bits per heavy atom. The first-order chi connectivity index (χ1) is 16.7. The molecule has 2 fully saturated rings. The van der Waals surface area contributed by atoms with Crippen molar-refractivity contribution in [3.05, 3.63) is 23.8 Å². The topological polar surface area (TPSA) is 76.1 Å². The zero-order chi connectivity index (χ0) is 26.0. The zero-order valence-corrected chi connectivity index (χ0v) is 23.7. The standard InChI is InChI=1S/C26H42NO5P.C2H6/c1-4-21(16-20-10-6-5-7-11-20)19(3)31-25(29)22-12-8-9-15-27(22)23(28)17-26(30)18(2)13-14-24(33)32-26;1-2/h6,10-11,18-19,21-22,24,30H,4-5,7-9,12-17,33H2,1-3H3;1-2H3. The van der Waals surface area contributed by atoms with E-state index >= 15 is 0 Å². The first-order valence-corrected chi connectivity index (χ1v) is 14.4. The van der Waals surface area contributed by atoms with Gasteiger partial charge >= 0.3 is 5.97 Å². The van der Waals surface area contributed by atoms with Crippen molar-refractivity contribution in [2.75, 3.05) is 6.54 Å². The predicted octanol–water partition coefficient (Wildman–Crippen LogP) is 5.74. The molecule has 0 aromatic carbocycles. The molecule has 1 N–H and O–H groups in total. The number of likely N-dealkylation sites (tertiary alicyclic amines) is 1. The summed E-state index contributed by atoms with van der Waals surface area (Å²) in [5.74, 6) is -2.11. The lowest BCUT2D eigenvalue weighted by Crippen LogP contribution is -2.54. The van der Waals surface area contributed by atoms with E-state index in [0.717, 1.165) is 51.4 Å². The van der Waals surface area contributed by atoms with Gasteiger partial charge in [0.1, 0.15) is 12.1 Å². The molecule has 0 aromatic rings. The third-order valence-electron chi connectivity index (χ3n) is 7.57. The van der Waals surface area contributed by atoms with E-state index in [0.29, 0.717) is 13.0 Å². The second-order valence-corrected chi connectivity index (χ2v) is 10.8. The molecule has 3 aliphatic rings. The van der Waals surface area contributed by atoms with Crippen LogP contribution in [0, 0.1) is 11.8 Å². The number of nitrogens with zero attached hydrogens (tertiary/aromatic N) is 1. The zero-order valence-electron chi connectivity index (χ0n) is 22.5. The lowest BCUT2D eigenvalue weighted by molar-refractivity contribution is -0.264. The first kappa shape index (κ1) is 30.0. The van der Waals surface area contributed by atoms with Crippen molar-refractivity contribution >= 4 is 21.1 Å². The van der Waals surface area contributed by atoms with Gasteiger partial charge < -0.3 is 19.5 Å². The summed E-state index contributed by atoms with van der Waals surface area (Å²) >= 11 is 0. The molecule has 0 radical (unpaired) electrons. The fourth-order valence-corrected chi connectivity index (χ4v) is 5.64. The number of hydrogen-bond donors (Lipinski definition) is 1. The number of rotatable bonds is 8. The highest BCUT2D eigenvalue weighted by Gasteiger charge is 2.44. The van der Waals surface area contributed by atoms with Crippen LogP contribution in [0.15, 0.2) is 23.8 Å². The Hall–Kier alpha value is -1.23. The fraction of sp³-hybridized carbons (Fsp3) is 0.786. The van der Waals surface area contributed by atoms with Gasteiger partial charge in [-0.2, -0.15) is 0 Å². The van der Waals surface area contributed by atoms with E-state index in [1.165, 1.54) is 5.57 Å². The molecule has 200 valence electrons. The highest BCUT2D eigenvalue weighted by Crippen LogP contribution is 2.37. The highest BCUT2D eigenvalue weighted by molar-refractivity contribution is 7.17. The fourth-order valence-electron chi connectivity index (χ4n) is 5.21. The number of ether oxygens (including phenoxy) is 2. The van der Waals surface area contributed by atoms with Gasteiger partial charge in [-0.1, -0.05) is 51.5 Å². The van der Waals surface area contributed by atoms with Gasteiger partial charge in [-0.3, -0.25) is 4.79 Å². The van der Waals surface area contributed by atoms with Crippen molar-refractivity contribution in [1.29, 1.82) is 0 Å². The van der Waals surface area contributed by atoms with Gasteiger partial charge in [0.2, 0.25) is 5.91 Å². The molecule has 3 rings (SSSR count). The van der Waals surface area contributed by atoms with E-state index < -0.39 is 11.8 Å². The average Bonchev–Trinajstić information content (AvgIpc) is 2.86. The normalized spacial score (nSPS) is 30.4. The van der Waals surface area contributed by atoms with E-state index in [-0.39, 0.29) is 42.1 Å². The Morgan fingerprint density at radius 1 is 1.26 bits per heavy atom. The lowest BCUT2D eigenvalue weighted by atomic mass is 9.89. The molecule has 2 saturated heterocycles. The quantitative estimate of drug-likeness (QED) is 0.333. The monoisotopic (exact) mass is 509 g/mol. The van der Waals surface area contributed by atoms with Gasteiger partial charge in [0, 0.05) is 12.5 Å². The summed E-state index contributed by atoms with van der Waals surface area (Å²) in [5.41, 5.74) is 1.31. The average molecular weight is 510 g/mol. The maximum atomic E-state index is 13.2. The van der Waals surface area contributed by atoms with Crippen LogP contribution in [0.4, 0.5) is 0 Å². The molecule has 7 atom stereocenters.